The smallest absolute Gasteiger partial charge is 0.404 e. The van der Waals surface area contributed by atoms with Gasteiger partial charge in [-0.2, -0.15) is 0 Å². The summed E-state index contributed by atoms with van der Waals surface area (Å²) in [5, 5.41) is 8.29. The lowest BCUT2D eigenvalue weighted by molar-refractivity contribution is -0.274. The van der Waals surface area contributed by atoms with Crippen LogP contribution in [0.2, 0.25) is 0 Å². The summed E-state index contributed by atoms with van der Waals surface area (Å²) in [4.78, 5) is 3.52. The van der Waals surface area contributed by atoms with Crippen molar-refractivity contribution in [3.8, 4) is 5.75 Å². The van der Waals surface area contributed by atoms with Gasteiger partial charge in [-0.05, 0) is 42.7 Å². The predicted molar refractivity (Wildman–Crippen MR) is 111 cm³/mol. The summed E-state index contributed by atoms with van der Waals surface area (Å²) in [6, 6.07) is 9.87. The van der Waals surface area contributed by atoms with Crippen LogP contribution in [0, 0.1) is 0 Å². The third-order valence-corrected chi connectivity index (χ3v) is 5.63. The fraction of sp³-hybridized carbons (Fsp3) is 0.421. The number of hydrogen-bond donors (Lipinski definition) is 2. The van der Waals surface area contributed by atoms with Crippen LogP contribution in [0.15, 0.2) is 41.8 Å². The first-order valence-electron chi connectivity index (χ1n) is 9.11. The van der Waals surface area contributed by atoms with E-state index >= 15 is 0 Å². The Kier molecular flexibility index (Phi) is 7.33. The van der Waals surface area contributed by atoms with E-state index in [4.69, 9.17) is 17.0 Å². The Balaban J connectivity index is 1.69. The Morgan fingerprint density at radius 2 is 1.93 bits per heavy atom. The van der Waals surface area contributed by atoms with Crippen molar-refractivity contribution in [1.29, 1.82) is 0 Å². The van der Waals surface area contributed by atoms with Gasteiger partial charge in [-0.1, -0.05) is 18.2 Å². The van der Waals surface area contributed by atoms with Crippen LogP contribution in [0.4, 0.5) is 18.9 Å². The first-order chi connectivity index (χ1) is 13.8. The van der Waals surface area contributed by atoms with Crippen molar-refractivity contribution in [2.24, 2.45) is 0 Å². The van der Waals surface area contributed by atoms with Crippen LogP contribution in [0.1, 0.15) is 17.8 Å². The van der Waals surface area contributed by atoms with Crippen LogP contribution in [-0.2, 0) is 4.74 Å². The summed E-state index contributed by atoms with van der Waals surface area (Å²) in [5.74, 6) is -0.334. The van der Waals surface area contributed by atoms with Gasteiger partial charge in [0.05, 0.1) is 24.9 Å². The molecule has 158 valence electrons. The van der Waals surface area contributed by atoms with Crippen molar-refractivity contribution in [2.45, 2.75) is 25.4 Å². The molecular weight excluding hydrogens is 423 g/mol. The van der Waals surface area contributed by atoms with Gasteiger partial charge in [0.25, 0.3) is 0 Å². The Bertz CT molecular complexity index is 796. The molecule has 1 saturated heterocycles. The highest BCUT2D eigenvalue weighted by atomic mass is 32.1. The molecule has 10 heteroatoms. The summed E-state index contributed by atoms with van der Waals surface area (Å²) >= 11 is 7.03. The monoisotopic (exact) mass is 445 g/mol. The Morgan fingerprint density at radius 1 is 1.21 bits per heavy atom. The fourth-order valence-electron chi connectivity index (χ4n) is 3.29. The van der Waals surface area contributed by atoms with Crippen LogP contribution < -0.4 is 15.4 Å². The minimum Gasteiger partial charge on any atom is -0.404 e. The summed E-state index contributed by atoms with van der Waals surface area (Å²) in [5.41, 5.74) is 0.147. The number of morpholine rings is 1. The van der Waals surface area contributed by atoms with Crippen molar-refractivity contribution in [1.82, 2.24) is 10.2 Å². The molecule has 0 radical (unpaired) electrons. The van der Waals surface area contributed by atoms with E-state index in [2.05, 4.69) is 26.3 Å². The maximum absolute atomic E-state index is 12.6. The molecule has 0 spiro atoms. The minimum atomic E-state index is -4.78. The van der Waals surface area contributed by atoms with E-state index in [9.17, 15) is 13.2 Å². The predicted octanol–water partition coefficient (Wildman–Crippen LogP) is 4.40. The number of para-hydroxylation sites is 2. The van der Waals surface area contributed by atoms with Crippen LogP contribution in [0.5, 0.6) is 5.75 Å². The number of nitrogens with zero attached hydrogens (tertiary/aromatic N) is 1. The van der Waals surface area contributed by atoms with Crippen LogP contribution >= 0.6 is 23.6 Å². The molecule has 0 amide bonds. The van der Waals surface area contributed by atoms with E-state index in [1.54, 1.807) is 17.4 Å². The van der Waals surface area contributed by atoms with Crippen molar-refractivity contribution >= 4 is 34.4 Å². The minimum absolute atomic E-state index is 0.0697. The fourth-order valence-corrected chi connectivity index (χ4v) is 4.55. The highest BCUT2D eigenvalue weighted by molar-refractivity contribution is 7.80. The molecule has 0 bridgehead atoms. The molecule has 29 heavy (non-hydrogen) atoms. The van der Waals surface area contributed by atoms with Gasteiger partial charge in [0.1, 0.15) is 0 Å². The Hall–Kier alpha value is -1.88. The van der Waals surface area contributed by atoms with Gasteiger partial charge < -0.3 is 20.1 Å². The molecule has 2 N–H and O–H groups in total. The molecule has 1 fully saturated rings. The van der Waals surface area contributed by atoms with Gasteiger partial charge in [0.2, 0.25) is 0 Å². The zero-order chi connectivity index (χ0) is 20.9. The molecular formula is C19H22F3N3O2S2. The summed E-state index contributed by atoms with van der Waals surface area (Å²) < 4.78 is 47.4. The van der Waals surface area contributed by atoms with Gasteiger partial charge in [-0.25, -0.2) is 0 Å². The van der Waals surface area contributed by atoms with Gasteiger partial charge >= 0.3 is 6.36 Å². The van der Waals surface area contributed by atoms with E-state index in [1.807, 2.05) is 18.4 Å². The van der Waals surface area contributed by atoms with Crippen LogP contribution in [0.25, 0.3) is 0 Å². The Labute approximate surface area is 176 Å². The first-order valence-corrected chi connectivity index (χ1v) is 10.4. The lowest BCUT2D eigenvalue weighted by atomic mass is 10.1. The first kappa shape index (κ1) is 21.8. The molecule has 5 nitrogen and oxygen atoms in total. The number of anilines is 1. The number of alkyl halides is 3. The summed E-state index contributed by atoms with van der Waals surface area (Å²) in [7, 11) is 0. The van der Waals surface area contributed by atoms with Gasteiger partial charge in [0.15, 0.2) is 10.9 Å². The quantitative estimate of drug-likeness (QED) is 0.643. The maximum Gasteiger partial charge on any atom is 0.573 e. The number of thiophene rings is 1. The third kappa shape index (κ3) is 6.30. The van der Waals surface area contributed by atoms with Gasteiger partial charge in [-0.3, -0.25) is 4.90 Å². The van der Waals surface area contributed by atoms with E-state index in [0.29, 0.717) is 13.2 Å². The second-order valence-electron chi connectivity index (χ2n) is 6.54. The lowest BCUT2D eigenvalue weighted by Crippen LogP contribution is -2.49. The van der Waals surface area contributed by atoms with Crippen LogP contribution in [-0.4, -0.2) is 48.7 Å². The summed E-state index contributed by atoms with van der Waals surface area (Å²) in [6.45, 7) is 4.94. The number of benzene rings is 1. The second-order valence-corrected chi connectivity index (χ2v) is 7.93. The number of halogens is 3. The zero-order valence-electron chi connectivity index (χ0n) is 15.7. The molecule has 3 rings (SSSR count). The van der Waals surface area contributed by atoms with Gasteiger partial charge in [-0.15, -0.1) is 24.5 Å². The zero-order valence-corrected chi connectivity index (χ0v) is 17.4. The third-order valence-electron chi connectivity index (χ3n) is 4.47. The highest BCUT2D eigenvalue weighted by Gasteiger charge is 2.32. The normalized spacial score (nSPS) is 17.4. The molecule has 2 aromatic rings. The van der Waals surface area contributed by atoms with E-state index < -0.39 is 6.36 Å². The molecule has 1 aromatic heterocycles. The molecule has 1 aromatic carbocycles. The highest BCUT2D eigenvalue weighted by Crippen LogP contribution is 2.31. The standard InChI is InChI=1S/C19H22F3N3O2S2/c1-13(17(16-7-4-12-29-16)25-8-10-26-11-9-25)23-18(28)24-14-5-2-3-6-15(14)27-19(20,21)22/h2-7,12-13,17H,8-11H2,1H3,(H2,23,24,28)/t13-,17-/m1/s1. The maximum atomic E-state index is 12.6. The number of thiocarbonyl (C=S) groups is 1. The Morgan fingerprint density at radius 3 is 2.59 bits per heavy atom. The molecule has 2 heterocycles. The average molecular weight is 446 g/mol. The van der Waals surface area contributed by atoms with E-state index in [1.165, 1.54) is 23.1 Å². The van der Waals surface area contributed by atoms with Crippen molar-refractivity contribution < 1.29 is 22.6 Å². The van der Waals surface area contributed by atoms with Crippen molar-refractivity contribution in [3.63, 3.8) is 0 Å². The molecule has 2 atom stereocenters. The van der Waals surface area contributed by atoms with Crippen LogP contribution in [0.3, 0.4) is 0 Å². The van der Waals surface area contributed by atoms with E-state index in [0.717, 1.165) is 13.1 Å². The second kappa shape index (κ2) is 9.75. The van der Waals surface area contributed by atoms with E-state index in [-0.39, 0.29) is 28.6 Å². The molecule has 0 aliphatic carbocycles. The largest absolute Gasteiger partial charge is 0.573 e. The lowest BCUT2D eigenvalue weighted by Gasteiger charge is -2.38. The molecule has 1 aliphatic heterocycles. The average Bonchev–Trinajstić information content (AvgIpc) is 3.17. The van der Waals surface area contributed by atoms with Gasteiger partial charge in [0, 0.05) is 24.0 Å². The molecule has 0 saturated carbocycles. The SMILES string of the molecule is C[C@@H](NC(=S)Nc1ccccc1OC(F)(F)F)[C@H](c1cccs1)N1CCOCC1. The molecule has 1 aliphatic rings. The number of nitrogens with one attached hydrogen (secondary N) is 2. The number of ether oxygens (including phenoxy) is 2. The number of rotatable bonds is 6. The van der Waals surface area contributed by atoms with Crippen molar-refractivity contribution in [3.05, 3.63) is 46.7 Å². The summed E-state index contributed by atoms with van der Waals surface area (Å²) in [6.07, 6.45) is -4.78. The number of hydrogen-bond acceptors (Lipinski definition) is 5. The van der Waals surface area contributed by atoms with Crippen molar-refractivity contribution in [2.75, 3.05) is 31.6 Å². The topological polar surface area (TPSA) is 45.8 Å². The molecule has 0 unspecified atom stereocenters.